The van der Waals surface area contributed by atoms with E-state index in [-0.39, 0.29) is 12.5 Å². The number of carbonyl (C=O) groups is 1. The van der Waals surface area contributed by atoms with Gasteiger partial charge in [0.1, 0.15) is 11.9 Å². The summed E-state index contributed by atoms with van der Waals surface area (Å²) in [7, 11) is 1.53. The summed E-state index contributed by atoms with van der Waals surface area (Å²) in [6.45, 7) is 4.98. The Morgan fingerprint density at radius 3 is 2.82 bits per heavy atom. The van der Waals surface area contributed by atoms with Gasteiger partial charge in [-0.2, -0.15) is 0 Å². The number of nitrogens with two attached hydrogens (primary N) is 1. The highest BCUT2D eigenvalue weighted by Crippen LogP contribution is 2.20. The lowest BCUT2D eigenvalue weighted by Crippen LogP contribution is -2.44. The Hall–Kier alpha value is -1.92. The van der Waals surface area contributed by atoms with Crippen molar-refractivity contribution in [3.63, 3.8) is 0 Å². The number of hydrogen-bond acceptors (Lipinski definition) is 4. The highest BCUT2D eigenvalue weighted by atomic mass is 16.5. The molecule has 2 rings (SSSR count). The van der Waals surface area contributed by atoms with Crippen molar-refractivity contribution in [1.29, 1.82) is 0 Å². The van der Waals surface area contributed by atoms with Crippen molar-refractivity contribution in [1.82, 2.24) is 14.9 Å². The van der Waals surface area contributed by atoms with Crippen LogP contribution in [0.3, 0.4) is 0 Å². The van der Waals surface area contributed by atoms with Gasteiger partial charge in [-0.05, 0) is 26.0 Å². The van der Waals surface area contributed by atoms with E-state index in [0.29, 0.717) is 19.0 Å². The fourth-order valence-electron chi connectivity index (χ4n) is 2.53. The number of methoxy groups -OCH3 is 1. The standard InChI is InChI=1S/C16H24N4O2/c1-11(2)20-14-7-5-4-6-13(14)19-15(20)8-9-18-16(21)12(17)10-22-3/h4-7,11-12H,8-10,17H2,1-3H3,(H,18,21). The van der Waals surface area contributed by atoms with E-state index in [9.17, 15) is 4.79 Å². The van der Waals surface area contributed by atoms with E-state index in [2.05, 4.69) is 34.8 Å². The third-order valence-electron chi connectivity index (χ3n) is 3.52. The molecule has 1 atom stereocenters. The van der Waals surface area contributed by atoms with E-state index in [1.807, 2.05) is 18.2 Å². The van der Waals surface area contributed by atoms with E-state index in [1.165, 1.54) is 7.11 Å². The number of fused-ring (bicyclic) bond motifs is 1. The molecule has 0 aliphatic carbocycles. The fourth-order valence-corrected chi connectivity index (χ4v) is 2.53. The molecule has 0 saturated heterocycles. The largest absolute Gasteiger partial charge is 0.383 e. The van der Waals surface area contributed by atoms with Gasteiger partial charge >= 0.3 is 0 Å². The summed E-state index contributed by atoms with van der Waals surface area (Å²) in [4.78, 5) is 16.4. The first-order valence-corrected chi connectivity index (χ1v) is 7.52. The van der Waals surface area contributed by atoms with Gasteiger partial charge in [0.05, 0.1) is 17.6 Å². The Kier molecular flexibility index (Phi) is 5.51. The number of para-hydroxylation sites is 2. The summed E-state index contributed by atoms with van der Waals surface area (Å²) >= 11 is 0. The van der Waals surface area contributed by atoms with Gasteiger partial charge in [-0.1, -0.05) is 12.1 Å². The maximum atomic E-state index is 11.8. The second-order valence-corrected chi connectivity index (χ2v) is 5.58. The topological polar surface area (TPSA) is 82.2 Å². The molecule has 2 aromatic rings. The molecule has 0 spiro atoms. The molecule has 22 heavy (non-hydrogen) atoms. The van der Waals surface area contributed by atoms with Crippen molar-refractivity contribution < 1.29 is 9.53 Å². The Morgan fingerprint density at radius 1 is 1.41 bits per heavy atom. The van der Waals surface area contributed by atoms with E-state index in [0.717, 1.165) is 16.9 Å². The molecule has 1 unspecified atom stereocenters. The van der Waals surface area contributed by atoms with Crippen LogP contribution in [0.15, 0.2) is 24.3 Å². The summed E-state index contributed by atoms with van der Waals surface area (Å²) in [5.74, 6) is 0.769. The molecule has 6 nitrogen and oxygen atoms in total. The first-order valence-electron chi connectivity index (χ1n) is 7.52. The Bertz CT molecular complexity index is 636. The molecule has 0 saturated carbocycles. The van der Waals surface area contributed by atoms with Gasteiger partial charge in [-0.15, -0.1) is 0 Å². The fraction of sp³-hybridized carbons (Fsp3) is 0.500. The van der Waals surface area contributed by atoms with Gasteiger partial charge in [0.2, 0.25) is 5.91 Å². The third-order valence-corrected chi connectivity index (χ3v) is 3.52. The minimum atomic E-state index is -0.631. The number of nitrogens with one attached hydrogen (secondary N) is 1. The van der Waals surface area contributed by atoms with Gasteiger partial charge in [-0.25, -0.2) is 4.98 Å². The summed E-state index contributed by atoms with van der Waals surface area (Å²) in [6, 6.07) is 7.75. The second kappa shape index (κ2) is 7.38. The Morgan fingerprint density at radius 2 is 2.14 bits per heavy atom. The van der Waals surface area contributed by atoms with Crippen LogP contribution in [0.1, 0.15) is 25.7 Å². The second-order valence-electron chi connectivity index (χ2n) is 5.58. The van der Waals surface area contributed by atoms with Crippen molar-refractivity contribution in [3.05, 3.63) is 30.1 Å². The summed E-state index contributed by atoms with van der Waals surface area (Å²) < 4.78 is 7.08. The van der Waals surface area contributed by atoms with Crippen LogP contribution in [0.5, 0.6) is 0 Å². The number of benzene rings is 1. The van der Waals surface area contributed by atoms with Crippen LogP contribution in [0.4, 0.5) is 0 Å². The van der Waals surface area contributed by atoms with Crippen molar-refractivity contribution >= 4 is 16.9 Å². The minimum Gasteiger partial charge on any atom is -0.383 e. The summed E-state index contributed by atoms with van der Waals surface area (Å²) in [5.41, 5.74) is 7.79. The first-order chi connectivity index (χ1) is 10.5. The molecule has 1 aromatic carbocycles. The number of carbonyl (C=O) groups excluding carboxylic acids is 1. The predicted molar refractivity (Wildman–Crippen MR) is 86.7 cm³/mol. The van der Waals surface area contributed by atoms with Crippen molar-refractivity contribution in [2.45, 2.75) is 32.4 Å². The summed E-state index contributed by atoms with van der Waals surface area (Å²) in [6.07, 6.45) is 0.665. The molecule has 0 bridgehead atoms. The monoisotopic (exact) mass is 304 g/mol. The van der Waals surface area contributed by atoms with Crippen LogP contribution in [-0.4, -0.2) is 41.8 Å². The smallest absolute Gasteiger partial charge is 0.239 e. The zero-order valence-electron chi connectivity index (χ0n) is 13.4. The molecular weight excluding hydrogens is 280 g/mol. The number of ether oxygens (including phenoxy) is 1. The highest BCUT2D eigenvalue weighted by molar-refractivity contribution is 5.81. The first kappa shape index (κ1) is 16.5. The lowest BCUT2D eigenvalue weighted by molar-refractivity contribution is -0.123. The van der Waals surface area contributed by atoms with E-state index < -0.39 is 6.04 Å². The summed E-state index contributed by atoms with van der Waals surface area (Å²) in [5, 5.41) is 2.83. The normalized spacial score (nSPS) is 12.8. The molecule has 1 amide bonds. The van der Waals surface area contributed by atoms with Crippen LogP contribution in [0.25, 0.3) is 11.0 Å². The quantitative estimate of drug-likeness (QED) is 0.806. The highest BCUT2D eigenvalue weighted by Gasteiger charge is 2.15. The van der Waals surface area contributed by atoms with Gasteiger partial charge in [-0.3, -0.25) is 4.79 Å². The van der Waals surface area contributed by atoms with Crippen LogP contribution in [-0.2, 0) is 16.0 Å². The lowest BCUT2D eigenvalue weighted by atomic mass is 10.2. The molecule has 0 aliphatic heterocycles. The molecule has 0 fully saturated rings. The number of nitrogens with zero attached hydrogens (tertiary/aromatic N) is 2. The molecule has 0 radical (unpaired) electrons. The van der Waals surface area contributed by atoms with Gasteiger partial charge in [0.25, 0.3) is 0 Å². The number of rotatable bonds is 7. The van der Waals surface area contributed by atoms with E-state index >= 15 is 0 Å². The number of imidazole rings is 1. The van der Waals surface area contributed by atoms with Gasteiger partial charge in [0.15, 0.2) is 0 Å². The molecule has 1 aromatic heterocycles. The van der Waals surface area contributed by atoms with Crippen LogP contribution in [0.2, 0.25) is 0 Å². The molecule has 0 aliphatic rings. The van der Waals surface area contributed by atoms with Gasteiger partial charge < -0.3 is 20.4 Å². The average molecular weight is 304 g/mol. The third kappa shape index (κ3) is 3.64. The number of aromatic nitrogens is 2. The van der Waals surface area contributed by atoms with Gasteiger partial charge in [0, 0.05) is 26.1 Å². The predicted octanol–water partition coefficient (Wildman–Crippen LogP) is 1.25. The Labute approximate surface area is 130 Å². The lowest BCUT2D eigenvalue weighted by Gasteiger charge is -2.14. The maximum absolute atomic E-state index is 11.8. The van der Waals surface area contributed by atoms with Crippen LogP contribution < -0.4 is 11.1 Å². The molecule has 3 N–H and O–H groups in total. The number of amides is 1. The Balaban J connectivity index is 2.05. The number of hydrogen-bond donors (Lipinski definition) is 2. The zero-order valence-corrected chi connectivity index (χ0v) is 13.4. The maximum Gasteiger partial charge on any atom is 0.239 e. The van der Waals surface area contributed by atoms with Crippen molar-refractivity contribution in [2.75, 3.05) is 20.3 Å². The van der Waals surface area contributed by atoms with Crippen LogP contribution in [0, 0.1) is 0 Å². The van der Waals surface area contributed by atoms with Crippen molar-refractivity contribution in [2.24, 2.45) is 5.73 Å². The molecular formula is C16H24N4O2. The molecule has 120 valence electrons. The van der Waals surface area contributed by atoms with E-state index in [4.69, 9.17) is 10.5 Å². The van der Waals surface area contributed by atoms with Crippen molar-refractivity contribution in [3.8, 4) is 0 Å². The van der Waals surface area contributed by atoms with Crippen LogP contribution >= 0.6 is 0 Å². The zero-order chi connectivity index (χ0) is 16.1. The van der Waals surface area contributed by atoms with E-state index in [1.54, 1.807) is 0 Å². The molecule has 6 heteroatoms. The molecule has 1 heterocycles. The minimum absolute atomic E-state index is 0.200. The SMILES string of the molecule is COCC(N)C(=O)NCCc1nc2ccccc2n1C(C)C. The average Bonchev–Trinajstić information content (AvgIpc) is 2.85.